The minimum absolute atomic E-state index is 0.0493. The number of hydrogen-bond acceptors (Lipinski definition) is 5. The normalized spacial score (nSPS) is 17.5. The second kappa shape index (κ2) is 7.38. The van der Waals surface area contributed by atoms with Crippen molar-refractivity contribution < 1.29 is 13.6 Å². The lowest BCUT2D eigenvalue weighted by atomic mass is 10.1. The Balaban J connectivity index is 1.45. The Hall–Kier alpha value is -3.52. The van der Waals surface area contributed by atoms with Crippen molar-refractivity contribution in [2.45, 2.75) is 6.04 Å². The third-order valence-corrected chi connectivity index (χ3v) is 5.62. The number of benzene rings is 1. The van der Waals surface area contributed by atoms with E-state index in [2.05, 4.69) is 15.2 Å². The number of likely N-dealkylation sites (N-methyl/N-ethyl adjacent to an activating group) is 1. The van der Waals surface area contributed by atoms with E-state index in [4.69, 9.17) is 4.42 Å². The number of pyridine rings is 1. The van der Waals surface area contributed by atoms with E-state index in [1.54, 1.807) is 16.6 Å². The van der Waals surface area contributed by atoms with Crippen LogP contribution in [-0.2, 0) is 0 Å². The first-order valence-electron chi connectivity index (χ1n) is 9.73. The van der Waals surface area contributed by atoms with Gasteiger partial charge in [0.05, 0.1) is 23.4 Å². The number of halogens is 1. The van der Waals surface area contributed by atoms with E-state index in [1.165, 1.54) is 24.7 Å². The average molecular weight is 405 g/mol. The van der Waals surface area contributed by atoms with E-state index in [-0.39, 0.29) is 17.8 Å². The third-order valence-electron chi connectivity index (χ3n) is 5.62. The maximum absolute atomic E-state index is 13.6. The van der Waals surface area contributed by atoms with Gasteiger partial charge in [0.25, 0.3) is 5.91 Å². The van der Waals surface area contributed by atoms with Gasteiger partial charge in [0.2, 0.25) is 0 Å². The van der Waals surface area contributed by atoms with Gasteiger partial charge in [-0.3, -0.25) is 9.69 Å². The molecule has 0 spiro atoms. The molecular formula is C22H20FN5O2. The fourth-order valence-corrected chi connectivity index (χ4v) is 3.91. The van der Waals surface area contributed by atoms with Gasteiger partial charge in [0.15, 0.2) is 0 Å². The van der Waals surface area contributed by atoms with Crippen LogP contribution in [0.3, 0.4) is 0 Å². The number of aromatic nitrogens is 3. The summed E-state index contributed by atoms with van der Waals surface area (Å²) < 4.78 is 20.3. The number of carbonyl (C=O) groups excluding carboxylic acids is 1. The van der Waals surface area contributed by atoms with Gasteiger partial charge in [-0.2, -0.15) is 0 Å². The van der Waals surface area contributed by atoms with E-state index < -0.39 is 0 Å². The van der Waals surface area contributed by atoms with Gasteiger partial charge in [-0.15, -0.1) is 5.10 Å². The number of furan rings is 1. The highest BCUT2D eigenvalue weighted by atomic mass is 19.1. The molecule has 30 heavy (non-hydrogen) atoms. The van der Waals surface area contributed by atoms with Crippen molar-refractivity contribution >= 4 is 11.4 Å². The Kier molecular flexibility index (Phi) is 4.55. The van der Waals surface area contributed by atoms with Crippen molar-refractivity contribution in [2.75, 3.05) is 26.7 Å². The first-order valence-corrected chi connectivity index (χ1v) is 9.73. The Labute approximate surface area is 172 Å². The first kappa shape index (κ1) is 18.5. The molecule has 0 saturated carbocycles. The molecule has 0 unspecified atom stereocenters. The third kappa shape index (κ3) is 3.25. The molecule has 0 N–H and O–H groups in total. The van der Waals surface area contributed by atoms with Gasteiger partial charge in [-0.05, 0) is 36.9 Å². The van der Waals surface area contributed by atoms with Crippen LogP contribution in [0.5, 0.6) is 0 Å². The molecule has 1 atom stereocenters. The van der Waals surface area contributed by atoms with Crippen LogP contribution in [0.1, 0.15) is 22.1 Å². The summed E-state index contributed by atoms with van der Waals surface area (Å²) >= 11 is 0. The molecule has 1 aromatic carbocycles. The number of carbonyl (C=O) groups is 1. The fourth-order valence-electron chi connectivity index (χ4n) is 3.91. The zero-order valence-electron chi connectivity index (χ0n) is 16.4. The SMILES string of the molecule is CN1CCN(C(=O)c2ccoc2)C[C@@H]1c1nnn2cc(-c3cccc(F)c3)ccc12. The maximum Gasteiger partial charge on any atom is 0.257 e. The highest BCUT2D eigenvalue weighted by Gasteiger charge is 2.32. The molecular weight excluding hydrogens is 385 g/mol. The predicted molar refractivity (Wildman–Crippen MR) is 108 cm³/mol. The summed E-state index contributed by atoms with van der Waals surface area (Å²) in [6.07, 6.45) is 4.82. The van der Waals surface area contributed by atoms with E-state index in [0.717, 1.165) is 28.9 Å². The zero-order chi connectivity index (χ0) is 20.7. The summed E-state index contributed by atoms with van der Waals surface area (Å²) in [4.78, 5) is 16.8. The molecule has 8 heteroatoms. The monoisotopic (exact) mass is 405 g/mol. The summed E-state index contributed by atoms with van der Waals surface area (Å²) in [6.45, 7) is 1.88. The van der Waals surface area contributed by atoms with Crippen molar-refractivity contribution in [2.24, 2.45) is 0 Å². The van der Waals surface area contributed by atoms with Crippen LogP contribution in [0, 0.1) is 5.82 Å². The van der Waals surface area contributed by atoms with E-state index >= 15 is 0 Å². The maximum atomic E-state index is 13.6. The van der Waals surface area contributed by atoms with Gasteiger partial charge >= 0.3 is 0 Å². The van der Waals surface area contributed by atoms with Gasteiger partial charge in [-0.1, -0.05) is 23.4 Å². The second-order valence-electron chi connectivity index (χ2n) is 7.49. The number of hydrogen-bond donors (Lipinski definition) is 0. The van der Waals surface area contributed by atoms with Gasteiger partial charge in [0.1, 0.15) is 17.8 Å². The molecule has 4 heterocycles. The van der Waals surface area contributed by atoms with E-state index in [0.29, 0.717) is 18.7 Å². The summed E-state index contributed by atoms with van der Waals surface area (Å²) in [7, 11) is 2.02. The molecule has 4 aromatic rings. The van der Waals surface area contributed by atoms with Crippen LogP contribution in [0.2, 0.25) is 0 Å². The molecule has 1 aliphatic rings. The molecule has 1 fully saturated rings. The average Bonchev–Trinajstić information content (AvgIpc) is 3.43. The quantitative estimate of drug-likeness (QED) is 0.523. The summed E-state index contributed by atoms with van der Waals surface area (Å²) in [5.74, 6) is -0.329. The van der Waals surface area contributed by atoms with Crippen LogP contribution in [-0.4, -0.2) is 57.2 Å². The Morgan fingerprint density at radius 1 is 1.17 bits per heavy atom. The summed E-state index contributed by atoms with van der Waals surface area (Å²) in [5, 5.41) is 8.70. The number of amides is 1. The Morgan fingerprint density at radius 3 is 2.87 bits per heavy atom. The lowest BCUT2D eigenvalue weighted by Gasteiger charge is -2.38. The van der Waals surface area contributed by atoms with Crippen LogP contribution in [0.15, 0.2) is 65.6 Å². The molecule has 152 valence electrons. The molecule has 0 bridgehead atoms. The minimum Gasteiger partial charge on any atom is -0.472 e. The number of piperazine rings is 1. The predicted octanol–water partition coefficient (Wildman–Crippen LogP) is 3.26. The van der Waals surface area contributed by atoms with Crippen molar-refractivity contribution in [3.63, 3.8) is 0 Å². The Morgan fingerprint density at radius 2 is 2.07 bits per heavy atom. The summed E-state index contributed by atoms with van der Waals surface area (Å²) in [6, 6.07) is 11.9. The number of nitrogens with zero attached hydrogens (tertiary/aromatic N) is 5. The van der Waals surface area contributed by atoms with Crippen LogP contribution in [0.25, 0.3) is 16.6 Å². The molecule has 0 radical (unpaired) electrons. The number of fused-ring (bicyclic) bond motifs is 1. The minimum atomic E-state index is -0.280. The molecule has 1 saturated heterocycles. The van der Waals surface area contributed by atoms with E-state index in [9.17, 15) is 9.18 Å². The smallest absolute Gasteiger partial charge is 0.257 e. The number of rotatable bonds is 3. The van der Waals surface area contributed by atoms with Gasteiger partial charge in [-0.25, -0.2) is 8.91 Å². The van der Waals surface area contributed by atoms with Crippen LogP contribution in [0.4, 0.5) is 4.39 Å². The van der Waals surface area contributed by atoms with E-state index in [1.807, 2.05) is 36.3 Å². The lowest BCUT2D eigenvalue weighted by Crippen LogP contribution is -2.49. The van der Waals surface area contributed by atoms with Gasteiger partial charge in [0, 0.05) is 31.4 Å². The van der Waals surface area contributed by atoms with Gasteiger partial charge < -0.3 is 9.32 Å². The van der Waals surface area contributed by atoms with Crippen molar-refractivity contribution in [1.29, 1.82) is 0 Å². The molecule has 0 aliphatic carbocycles. The highest BCUT2D eigenvalue weighted by molar-refractivity contribution is 5.94. The Bertz CT molecular complexity index is 1200. The van der Waals surface area contributed by atoms with Crippen molar-refractivity contribution in [3.8, 4) is 11.1 Å². The molecule has 7 nitrogen and oxygen atoms in total. The molecule has 1 aliphatic heterocycles. The lowest BCUT2D eigenvalue weighted by molar-refractivity contribution is 0.0541. The zero-order valence-corrected chi connectivity index (χ0v) is 16.4. The molecule has 3 aromatic heterocycles. The highest BCUT2D eigenvalue weighted by Crippen LogP contribution is 2.28. The standard InChI is InChI=1S/C22H20FN5O2/c1-26-8-9-27(22(29)17-7-10-30-14-17)13-20(26)21-19-6-5-16(12-28(19)25-24-21)15-3-2-4-18(23)11-15/h2-7,10-12,14,20H,8-9,13H2,1H3/t20-/m1/s1. The fraction of sp³-hybridized carbons (Fsp3) is 0.227. The van der Waals surface area contributed by atoms with Crippen LogP contribution < -0.4 is 0 Å². The summed E-state index contributed by atoms with van der Waals surface area (Å²) in [5.41, 5.74) is 3.86. The second-order valence-corrected chi connectivity index (χ2v) is 7.49. The van der Waals surface area contributed by atoms with Crippen molar-refractivity contribution in [1.82, 2.24) is 24.6 Å². The van der Waals surface area contributed by atoms with Crippen molar-refractivity contribution in [3.05, 3.63) is 78.3 Å². The molecule has 1 amide bonds. The topological polar surface area (TPSA) is 66.9 Å². The first-order chi connectivity index (χ1) is 14.6. The molecule has 5 rings (SSSR count). The largest absolute Gasteiger partial charge is 0.472 e. The van der Waals surface area contributed by atoms with Crippen LogP contribution >= 0.6 is 0 Å².